The van der Waals surface area contributed by atoms with E-state index in [0.29, 0.717) is 150 Å². The summed E-state index contributed by atoms with van der Waals surface area (Å²) in [6.07, 6.45) is 26.7. The summed E-state index contributed by atoms with van der Waals surface area (Å²) < 4.78 is 46.2. The maximum absolute atomic E-state index is 11.6. The van der Waals surface area contributed by atoms with Crippen molar-refractivity contribution in [2.45, 2.75) is 173 Å². The molecule has 17 aromatic heterocycles. The molecule has 0 unspecified atom stereocenters. The SMILES string of the molecule is Cc1ncc(Oc2c(C(C)C)cnc3[nH]c(C)cc23)c(N)n1.Cc1ncc(Oc2c(C(C)C)cnc3[nH]ncc23)c(N)n1.Cc1ncc(Oc2c(C(C)C)cnc3c2CC(=O)N3)c(N)n1.Cc1ncc(Oc2c(C(C)C)cnc3cc[nH]c23)c(N)n1.Cc1ncc(Oc2c(C(C)C)cnc3ocnc23)c(N)n1.Cc1ncc(Oc2c(C(C)C)cnc3oncc23)c(N)n1. The molecule has 0 saturated carbocycles. The summed E-state index contributed by atoms with van der Waals surface area (Å²) in [4.78, 5) is 97.6. The van der Waals surface area contributed by atoms with Gasteiger partial charge in [-0.1, -0.05) is 88.2 Å². The molecular weight excluding hydrogens is 1640 g/mol. The smallest absolute Gasteiger partial charge is 0.261 e. The highest BCUT2D eigenvalue weighted by atomic mass is 16.5. The predicted octanol–water partition coefficient (Wildman–Crippen LogP) is 17.0. The molecule has 128 heavy (non-hydrogen) atoms. The third-order valence-corrected chi connectivity index (χ3v) is 19.7. The minimum Gasteiger partial charge on any atom is -0.451 e. The topological polar surface area (TPSA) is 585 Å². The van der Waals surface area contributed by atoms with Crippen LogP contribution in [0.2, 0.25) is 0 Å². The summed E-state index contributed by atoms with van der Waals surface area (Å²) in [5.74, 6) is 13.7. The van der Waals surface area contributed by atoms with E-state index >= 15 is 0 Å². The number of nitrogen functional groups attached to an aromatic ring is 6. The van der Waals surface area contributed by atoms with Crippen LogP contribution < -0.4 is 68.1 Å². The molecule has 0 spiro atoms. The number of anilines is 7. The number of ether oxygens (including phenoxy) is 6. The van der Waals surface area contributed by atoms with E-state index in [1.54, 1.807) is 116 Å². The second-order valence-electron chi connectivity index (χ2n) is 31.5. The Balaban J connectivity index is 0.000000131. The first-order valence-electron chi connectivity index (χ1n) is 40.8. The summed E-state index contributed by atoms with van der Waals surface area (Å²) in [5.41, 5.74) is 47.5. The van der Waals surface area contributed by atoms with Crippen molar-refractivity contribution in [1.82, 2.24) is 120 Å². The lowest BCUT2D eigenvalue weighted by atomic mass is 10.0. The summed E-state index contributed by atoms with van der Waals surface area (Å²) in [6.45, 7) is 37.4. The second-order valence-corrected chi connectivity index (χ2v) is 31.5. The number of carbonyl (C=O) groups is 1. The van der Waals surface area contributed by atoms with Crippen molar-refractivity contribution in [1.29, 1.82) is 0 Å². The van der Waals surface area contributed by atoms with Gasteiger partial charge in [0.25, 0.3) is 11.4 Å². The van der Waals surface area contributed by atoms with Crippen LogP contribution in [0.3, 0.4) is 0 Å². The molecule has 0 radical (unpaired) electrons. The highest BCUT2D eigenvalue weighted by Crippen LogP contribution is 2.45. The van der Waals surface area contributed by atoms with Gasteiger partial charge in [-0.3, -0.25) is 14.9 Å². The van der Waals surface area contributed by atoms with Crippen molar-refractivity contribution in [3.63, 3.8) is 0 Å². The minimum absolute atomic E-state index is 0.0959. The van der Waals surface area contributed by atoms with Gasteiger partial charge < -0.3 is 87.0 Å². The zero-order valence-corrected chi connectivity index (χ0v) is 74.1. The first-order valence-corrected chi connectivity index (χ1v) is 40.8. The van der Waals surface area contributed by atoms with E-state index in [0.717, 1.165) is 83.6 Å². The van der Waals surface area contributed by atoms with Crippen LogP contribution in [0.1, 0.15) is 198 Å². The number of hydrogen-bond donors (Lipinski definition) is 10. The van der Waals surface area contributed by atoms with Crippen LogP contribution in [-0.4, -0.2) is 126 Å². The van der Waals surface area contributed by atoms with Gasteiger partial charge in [0, 0.05) is 88.0 Å². The molecule has 0 saturated heterocycles. The third kappa shape index (κ3) is 20.6. The van der Waals surface area contributed by atoms with Crippen molar-refractivity contribution < 1.29 is 42.2 Å². The fourth-order valence-electron chi connectivity index (χ4n) is 13.0. The molecular formula is C88H99N31O9. The maximum atomic E-state index is 11.6. The fourth-order valence-corrected chi connectivity index (χ4v) is 13.0. The zero-order valence-electron chi connectivity index (χ0n) is 74.1. The molecule has 40 nitrogen and oxygen atoms in total. The van der Waals surface area contributed by atoms with Gasteiger partial charge in [0.2, 0.25) is 5.91 Å². The highest BCUT2D eigenvalue weighted by molar-refractivity contribution is 5.99. The number of nitrogens with zero attached hydrogens (tertiary/aromatic N) is 21. The van der Waals surface area contributed by atoms with E-state index in [1.807, 2.05) is 65.3 Å². The van der Waals surface area contributed by atoms with Crippen LogP contribution in [0.25, 0.3) is 55.4 Å². The monoisotopic (exact) mass is 1730 g/mol. The number of hydrogen-bond acceptors (Lipinski definition) is 36. The quantitative estimate of drug-likeness (QED) is 0.0381. The lowest BCUT2D eigenvalue weighted by Gasteiger charge is -2.16. The van der Waals surface area contributed by atoms with Crippen LogP contribution in [0.15, 0.2) is 120 Å². The Morgan fingerprint density at radius 1 is 0.375 bits per heavy atom. The van der Waals surface area contributed by atoms with Gasteiger partial charge in [-0.2, -0.15) is 5.10 Å². The van der Waals surface area contributed by atoms with Crippen LogP contribution >= 0.6 is 0 Å². The Morgan fingerprint density at radius 3 is 1.21 bits per heavy atom. The molecule has 16 N–H and O–H groups in total. The normalized spacial score (nSPS) is 11.6. The molecule has 18 heterocycles. The first kappa shape index (κ1) is 89.7. The molecule has 0 aromatic carbocycles. The van der Waals surface area contributed by atoms with Gasteiger partial charge in [-0.05, 0) is 96.1 Å². The third-order valence-electron chi connectivity index (χ3n) is 19.7. The number of amides is 1. The largest absolute Gasteiger partial charge is 0.451 e. The Kier molecular flexibility index (Phi) is 27.2. The molecule has 0 fully saturated rings. The van der Waals surface area contributed by atoms with E-state index in [9.17, 15) is 4.79 Å². The number of oxazole rings is 1. The lowest BCUT2D eigenvalue weighted by Crippen LogP contribution is -2.04. The molecule has 1 amide bonds. The van der Waals surface area contributed by atoms with Crippen molar-refractivity contribution >= 4 is 102 Å². The Labute approximate surface area is 734 Å². The molecule has 40 heteroatoms. The number of nitrogens with one attached hydrogen (secondary N) is 4. The predicted molar refractivity (Wildman–Crippen MR) is 483 cm³/mol. The summed E-state index contributed by atoms with van der Waals surface area (Å²) in [7, 11) is 0. The molecule has 660 valence electrons. The summed E-state index contributed by atoms with van der Waals surface area (Å²) in [5, 5.41) is 15.8. The summed E-state index contributed by atoms with van der Waals surface area (Å²) in [6, 6.07) is 3.93. The maximum Gasteiger partial charge on any atom is 0.261 e. The zero-order chi connectivity index (χ0) is 91.6. The van der Waals surface area contributed by atoms with Crippen molar-refractivity contribution in [2.75, 3.05) is 39.7 Å². The number of carbonyl (C=O) groups excluding carboxylic acids is 1. The Bertz CT molecular complexity index is 6340. The van der Waals surface area contributed by atoms with Gasteiger partial charge in [0.15, 0.2) is 98.5 Å². The number of H-pyrrole nitrogens is 3. The van der Waals surface area contributed by atoms with Gasteiger partial charge in [0.05, 0.1) is 72.3 Å². The van der Waals surface area contributed by atoms with Crippen LogP contribution in [0.5, 0.6) is 69.0 Å². The van der Waals surface area contributed by atoms with Crippen molar-refractivity contribution in [3.8, 4) is 69.0 Å². The number of nitrogens with two attached hydrogens (primary N) is 6. The molecule has 0 atom stereocenters. The number of aryl methyl sites for hydroxylation is 7. The van der Waals surface area contributed by atoms with Gasteiger partial charge in [-0.15, -0.1) is 0 Å². The minimum atomic E-state index is -0.0959. The van der Waals surface area contributed by atoms with E-state index < -0.39 is 0 Å². The van der Waals surface area contributed by atoms with Crippen molar-refractivity contribution in [2.24, 2.45) is 0 Å². The number of aromatic amines is 3. The van der Waals surface area contributed by atoms with Gasteiger partial charge in [-0.25, -0.2) is 89.7 Å². The first-order chi connectivity index (χ1) is 61.1. The standard InChI is InChI=1S/C16H19N5O.C15H17N5O2.C15H17N5O.C14H16N6O.2C14H15N5O2/c1-8(2)12-6-19-16-11(5-9(3)20-16)14(12)22-13-7-18-10(4)21-15(13)17;1-7(2)10-5-18-15-9(4-12(21)20-15)13(10)22-11-6-17-8(3)19-14(11)16;1-8(2)10-6-19-11-4-5-17-13(11)14(10)21-12-7-18-9(3)20-15(12)16;1-7(2)9-4-17-14-10(5-18-20-14)12(9)21-11-6-16-8(3)19-13(11)15;1-7(2)9-4-17-14-11(18-6-20-14)12(9)21-10-5-16-8(3)19-13(10)15;1-7(2)9-4-17-14-10(5-18-21-14)12(9)20-11-6-16-8(3)19-13(11)15/h5-8H,1-4H3,(H,19,20)(H2,17,18,21);5-7H,4H2,1-3H3,(H2,16,17,19)(H,18,20,21);4-8,17H,1-3H3,(H2,16,18,20);4-7H,1-3H3,(H2,15,16,19)(H,17,18,20);2*4-7H,1-3H3,(H2,15,16,19). The number of aromatic nitrogens is 24. The Morgan fingerprint density at radius 2 is 0.750 bits per heavy atom. The number of fused-ring (bicyclic) bond motifs is 6. The lowest BCUT2D eigenvalue weighted by molar-refractivity contribution is -0.115. The molecule has 17 aromatic rings. The van der Waals surface area contributed by atoms with E-state index in [4.69, 9.17) is 71.8 Å². The van der Waals surface area contributed by atoms with Crippen LogP contribution in [-0.2, 0) is 11.2 Å². The molecule has 0 aliphatic carbocycles. The molecule has 0 bridgehead atoms. The second kappa shape index (κ2) is 38.8. The van der Waals surface area contributed by atoms with Crippen molar-refractivity contribution in [3.05, 3.63) is 191 Å². The van der Waals surface area contributed by atoms with Crippen LogP contribution in [0, 0.1) is 48.5 Å². The average Bonchev–Trinajstić information content (AvgIpc) is 1.64. The molecule has 1 aliphatic rings. The number of pyridine rings is 6. The number of rotatable bonds is 18. The molecule has 1 aliphatic heterocycles. The van der Waals surface area contributed by atoms with Gasteiger partial charge in [0.1, 0.15) is 80.3 Å². The fraction of sp³-hybridized carbons (Fsp3) is 0.295. The Hall–Kier alpha value is -16.1. The highest BCUT2D eigenvalue weighted by Gasteiger charge is 2.29. The van der Waals surface area contributed by atoms with Crippen LogP contribution in [0.4, 0.5) is 40.7 Å². The van der Waals surface area contributed by atoms with E-state index in [-0.39, 0.29) is 59.5 Å². The average molecular weight is 1730 g/mol. The van der Waals surface area contributed by atoms with Gasteiger partial charge >= 0.3 is 0 Å². The van der Waals surface area contributed by atoms with E-state index in [1.165, 1.54) is 6.39 Å². The van der Waals surface area contributed by atoms with E-state index in [2.05, 4.69) is 181 Å². The molecule has 18 rings (SSSR count). The summed E-state index contributed by atoms with van der Waals surface area (Å²) >= 11 is 0.